The van der Waals surface area contributed by atoms with E-state index in [-0.39, 0.29) is 30.4 Å². The van der Waals surface area contributed by atoms with Crippen LogP contribution in [0.2, 0.25) is 0 Å². The highest BCUT2D eigenvalue weighted by Gasteiger charge is 2.68. The number of ether oxygens (including phenoxy) is 1. The Bertz CT molecular complexity index is 848. The van der Waals surface area contributed by atoms with Crippen molar-refractivity contribution in [2.75, 3.05) is 0 Å². The van der Waals surface area contributed by atoms with Crippen LogP contribution >= 0.6 is 0 Å². The van der Waals surface area contributed by atoms with Gasteiger partial charge in [-0.1, -0.05) is 36.4 Å². The Kier molecular flexibility index (Phi) is 6.43. The Morgan fingerprint density at radius 1 is 1.23 bits per heavy atom. The first kappa shape index (κ1) is 22.8. The topological polar surface area (TPSA) is 87.7 Å². The summed E-state index contributed by atoms with van der Waals surface area (Å²) in [4.78, 5) is 40.7. The maximum atomic E-state index is 13.6. The monoisotopic (exact) mass is 427 g/mol. The van der Waals surface area contributed by atoms with Crippen LogP contribution in [0.15, 0.2) is 43.0 Å². The van der Waals surface area contributed by atoms with Crippen LogP contribution in [0.25, 0.3) is 0 Å². The van der Waals surface area contributed by atoms with E-state index in [1.54, 1.807) is 11.0 Å². The summed E-state index contributed by atoms with van der Waals surface area (Å²) in [6.07, 6.45) is 3.17. The van der Waals surface area contributed by atoms with Gasteiger partial charge >= 0.3 is 6.09 Å². The Hall–Kier alpha value is -2.83. The first-order valence-electron chi connectivity index (χ1n) is 10.8. The Labute approximate surface area is 184 Å². The van der Waals surface area contributed by atoms with Crippen LogP contribution in [-0.4, -0.2) is 46.0 Å². The van der Waals surface area contributed by atoms with Crippen LogP contribution in [0.5, 0.6) is 0 Å². The summed E-state index contributed by atoms with van der Waals surface area (Å²) in [7, 11) is 0. The van der Waals surface area contributed by atoms with Crippen molar-refractivity contribution in [1.82, 2.24) is 15.5 Å². The third-order valence-electron chi connectivity index (χ3n) is 6.09. The third kappa shape index (κ3) is 4.45. The van der Waals surface area contributed by atoms with E-state index in [0.717, 1.165) is 12.0 Å². The molecule has 0 aliphatic carbocycles. The van der Waals surface area contributed by atoms with Gasteiger partial charge in [0, 0.05) is 24.4 Å². The predicted molar refractivity (Wildman–Crippen MR) is 118 cm³/mol. The number of nitrogens with zero attached hydrogens (tertiary/aromatic N) is 1. The highest BCUT2D eigenvalue weighted by atomic mass is 16.6. The van der Waals surface area contributed by atoms with Gasteiger partial charge in [0.25, 0.3) is 0 Å². The molecule has 7 nitrogen and oxygen atoms in total. The lowest BCUT2D eigenvalue weighted by Crippen LogP contribution is -2.70. The number of hydrogen-bond acceptors (Lipinski definition) is 4. The van der Waals surface area contributed by atoms with Gasteiger partial charge in [-0.3, -0.25) is 14.5 Å². The summed E-state index contributed by atoms with van der Waals surface area (Å²) < 4.78 is 5.62. The van der Waals surface area contributed by atoms with Gasteiger partial charge in [-0.15, -0.1) is 6.58 Å². The van der Waals surface area contributed by atoms with Crippen molar-refractivity contribution < 1.29 is 19.1 Å². The normalized spacial score (nSPS) is 27.0. The second-order valence-corrected chi connectivity index (χ2v) is 9.49. The number of nitrogens with one attached hydrogen (secondary N) is 2. The van der Waals surface area contributed by atoms with Gasteiger partial charge in [0.05, 0.1) is 6.04 Å². The van der Waals surface area contributed by atoms with E-state index in [1.807, 2.05) is 51.1 Å². The van der Waals surface area contributed by atoms with Crippen molar-refractivity contribution in [3.63, 3.8) is 0 Å². The molecule has 2 heterocycles. The van der Waals surface area contributed by atoms with E-state index < -0.39 is 23.2 Å². The molecule has 1 aromatic carbocycles. The van der Waals surface area contributed by atoms with Crippen molar-refractivity contribution in [1.29, 1.82) is 0 Å². The van der Waals surface area contributed by atoms with E-state index in [2.05, 4.69) is 17.2 Å². The number of amides is 3. The lowest BCUT2D eigenvalue weighted by molar-refractivity contribution is -0.137. The van der Waals surface area contributed by atoms with Crippen LogP contribution in [0.3, 0.4) is 0 Å². The lowest BCUT2D eigenvalue weighted by atomic mass is 9.70. The fourth-order valence-electron chi connectivity index (χ4n) is 5.10. The van der Waals surface area contributed by atoms with Gasteiger partial charge in [-0.05, 0) is 45.6 Å². The Morgan fingerprint density at radius 3 is 2.48 bits per heavy atom. The molecule has 0 radical (unpaired) electrons. The quantitative estimate of drug-likeness (QED) is 0.683. The zero-order valence-corrected chi connectivity index (χ0v) is 18.8. The molecular weight excluding hydrogens is 394 g/mol. The van der Waals surface area contributed by atoms with E-state index in [1.165, 1.54) is 6.92 Å². The summed E-state index contributed by atoms with van der Waals surface area (Å²) in [6.45, 7) is 11.1. The molecule has 2 fully saturated rings. The zero-order valence-electron chi connectivity index (χ0n) is 18.8. The second-order valence-electron chi connectivity index (χ2n) is 9.49. The minimum Gasteiger partial charge on any atom is -0.445 e. The van der Waals surface area contributed by atoms with Crippen molar-refractivity contribution in [3.05, 3.63) is 48.6 Å². The molecule has 2 saturated heterocycles. The van der Waals surface area contributed by atoms with Crippen LogP contribution in [-0.2, 0) is 20.9 Å². The van der Waals surface area contributed by atoms with E-state index in [4.69, 9.17) is 4.74 Å². The smallest absolute Gasteiger partial charge is 0.410 e. The number of fused-ring (bicyclic) bond motifs is 2. The molecule has 3 rings (SSSR count). The van der Waals surface area contributed by atoms with E-state index in [9.17, 15) is 14.4 Å². The van der Waals surface area contributed by atoms with Gasteiger partial charge < -0.3 is 15.4 Å². The van der Waals surface area contributed by atoms with Gasteiger partial charge in [0.2, 0.25) is 11.8 Å². The summed E-state index contributed by atoms with van der Waals surface area (Å²) >= 11 is 0. The minimum atomic E-state index is -1.22. The molecule has 1 unspecified atom stereocenters. The third-order valence-corrected chi connectivity index (χ3v) is 6.09. The van der Waals surface area contributed by atoms with Crippen LogP contribution in [0, 0.1) is 5.92 Å². The fraction of sp³-hybridized carbons (Fsp3) is 0.542. The standard InChI is InChI=1S/C24H33N3O4/c1-6-10-18-19-13-14-20(24(18,25-16(2)28)21(29)26-23(3,4)5)27(19)22(30)31-15-17-11-8-7-9-12-17/h6-9,11-12,18-20H,1,10,13-15H2,2-5H3,(H,25,28)(H,26,29)/t18-,19+,20?,24-/m0/s1. The molecular formula is C24H33N3O4. The first-order chi connectivity index (χ1) is 14.6. The number of benzene rings is 1. The predicted octanol–water partition coefficient (Wildman–Crippen LogP) is 3.15. The van der Waals surface area contributed by atoms with Crippen LogP contribution < -0.4 is 10.6 Å². The Balaban J connectivity index is 1.93. The zero-order chi connectivity index (χ0) is 22.8. The molecule has 0 spiro atoms. The van der Waals surface area contributed by atoms with Gasteiger partial charge in [-0.25, -0.2) is 4.79 Å². The molecule has 2 aliphatic rings. The minimum absolute atomic E-state index is 0.156. The van der Waals surface area contributed by atoms with Gasteiger partial charge in [0.1, 0.15) is 12.1 Å². The highest BCUT2D eigenvalue weighted by Crippen LogP contribution is 2.50. The van der Waals surface area contributed by atoms with Gasteiger partial charge in [0.15, 0.2) is 0 Å². The largest absolute Gasteiger partial charge is 0.445 e. The summed E-state index contributed by atoms with van der Waals surface area (Å²) in [6, 6.07) is 8.79. The Morgan fingerprint density at radius 2 is 1.90 bits per heavy atom. The first-order valence-corrected chi connectivity index (χ1v) is 10.8. The second kappa shape index (κ2) is 8.73. The van der Waals surface area contributed by atoms with Crippen molar-refractivity contribution in [2.24, 2.45) is 5.92 Å². The molecule has 2 aliphatic heterocycles. The number of carbonyl (C=O) groups excluding carboxylic acids is 3. The van der Waals surface area contributed by atoms with E-state index >= 15 is 0 Å². The van der Waals surface area contributed by atoms with Crippen LogP contribution in [0.1, 0.15) is 52.5 Å². The summed E-state index contributed by atoms with van der Waals surface area (Å²) in [5.74, 6) is -0.849. The van der Waals surface area contributed by atoms with Crippen LogP contribution in [0.4, 0.5) is 4.79 Å². The molecule has 168 valence electrons. The molecule has 3 amide bonds. The number of carbonyl (C=O) groups is 3. The van der Waals surface area contributed by atoms with Crippen molar-refractivity contribution >= 4 is 17.9 Å². The summed E-state index contributed by atoms with van der Waals surface area (Å²) in [5, 5.41) is 5.99. The average Bonchev–Trinajstić information content (AvgIpc) is 3.22. The molecule has 1 aromatic rings. The average molecular weight is 428 g/mol. The van der Waals surface area contributed by atoms with E-state index in [0.29, 0.717) is 12.8 Å². The van der Waals surface area contributed by atoms with Gasteiger partial charge in [-0.2, -0.15) is 0 Å². The number of rotatable bonds is 6. The maximum Gasteiger partial charge on any atom is 0.410 e. The molecule has 2 N–H and O–H groups in total. The molecule has 0 aromatic heterocycles. The highest BCUT2D eigenvalue weighted by molar-refractivity contribution is 5.94. The molecule has 7 heteroatoms. The molecule has 4 atom stereocenters. The van der Waals surface area contributed by atoms with Crippen molar-refractivity contribution in [3.8, 4) is 0 Å². The summed E-state index contributed by atoms with van der Waals surface area (Å²) in [5.41, 5.74) is -0.812. The number of hydrogen-bond donors (Lipinski definition) is 2. The molecule has 31 heavy (non-hydrogen) atoms. The maximum absolute atomic E-state index is 13.6. The fourth-order valence-corrected chi connectivity index (χ4v) is 5.10. The lowest BCUT2D eigenvalue weighted by Gasteiger charge is -2.42. The van der Waals surface area contributed by atoms with Crippen molar-refractivity contribution in [2.45, 2.75) is 76.7 Å². The number of allylic oxidation sites excluding steroid dienone is 1. The SMILES string of the molecule is C=CC[C@H]1[C@H]2CCC(N2C(=O)OCc2ccccc2)[C@]1(NC(C)=O)C(=O)NC(C)(C)C. The molecule has 0 saturated carbocycles. The molecule has 2 bridgehead atoms.